The van der Waals surface area contributed by atoms with Crippen molar-refractivity contribution in [3.8, 4) is 11.3 Å². The lowest BCUT2D eigenvalue weighted by Crippen LogP contribution is -2.12. The standard InChI is InChI=1S/C21H13F3N8O3S/c1-9-6-14(32(33)34)28-31(9)10(2)18-27-19-17-16(25-8-30(19)29-18)15-11(12-4-3-5-35-12)7-13(21(22,23)24)26-20(15)36-17/h3-8,10H,1-2H3/t10-/m1/s1. The van der Waals surface area contributed by atoms with Crippen molar-refractivity contribution in [3.63, 3.8) is 0 Å². The molecule has 6 heterocycles. The fraction of sp³-hybridized carbons (Fsp3) is 0.190. The number of fused-ring (bicyclic) bond motifs is 5. The van der Waals surface area contributed by atoms with E-state index in [9.17, 15) is 23.3 Å². The van der Waals surface area contributed by atoms with Crippen LogP contribution in [0.25, 0.3) is 37.4 Å². The summed E-state index contributed by atoms with van der Waals surface area (Å²) in [5.74, 6) is 0.257. The van der Waals surface area contributed by atoms with Crippen LogP contribution < -0.4 is 0 Å². The summed E-state index contributed by atoms with van der Waals surface area (Å²) in [6.45, 7) is 3.42. The summed E-state index contributed by atoms with van der Waals surface area (Å²) >= 11 is 1.01. The minimum Gasteiger partial charge on any atom is -0.464 e. The molecule has 182 valence electrons. The lowest BCUT2D eigenvalue weighted by molar-refractivity contribution is -0.389. The second kappa shape index (κ2) is 7.55. The highest BCUT2D eigenvalue weighted by atomic mass is 32.1. The molecule has 0 spiro atoms. The Morgan fingerprint density at radius 3 is 2.69 bits per heavy atom. The van der Waals surface area contributed by atoms with E-state index in [2.05, 4.69) is 25.1 Å². The van der Waals surface area contributed by atoms with Crippen LogP contribution in [0.1, 0.15) is 30.2 Å². The molecule has 0 bridgehead atoms. The number of aryl methyl sites for hydroxylation is 1. The molecular formula is C21H13F3N8O3S. The first-order valence-electron chi connectivity index (χ1n) is 10.4. The van der Waals surface area contributed by atoms with Gasteiger partial charge in [0.1, 0.15) is 33.4 Å². The number of furan rings is 1. The third-order valence-corrected chi connectivity index (χ3v) is 6.77. The summed E-state index contributed by atoms with van der Waals surface area (Å²) in [4.78, 5) is 23.5. The minimum absolute atomic E-state index is 0.128. The normalized spacial score (nSPS) is 13.2. The summed E-state index contributed by atoms with van der Waals surface area (Å²) in [5.41, 5.74) is 0.490. The Kier molecular flexibility index (Phi) is 4.63. The van der Waals surface area contributed by atoms with Crippen molar-refractivity contribution < 1.29 is 22.5 Å². The van der Waals surface area contributed by atoms with Crippen LogP contribution in [-0.2, 0) is 6.18 Å². The van der Waals surface area contributed by atoms with E-state index in [1.54, 1.807) is 26.0 Å². The van der Waals surface area contributed by atoms with E-state index in [0.717, 1.165) is 17.4 Å². The lowest BCUT2D eigenvalue weighted by atomic mass is 10.1. The molecule has 0 radical (unpaired) electrons. The van der Waals surface area contributed by atoms with Gasteiger partial charge in [0.25, 0.3) is 0 Å². The van der Waals surface area contributed by atoms with Crippen LogP contribution in [0.2, 0.25) is 0 Å². The molecule has 36 heavy (non-hydrogen) atoms. The summed E-state index contributed by atoms with van der Waals surface area (Å²) in [6, 6.07) is 4.89. The number of hydrogen-bond acceptors (Lipinski definition) is 9. The fourth-order valence-electron chi connectivity index (χ4n) is 4.06. The fourth-order valence-corrected chi connectivity index (χ4v) is 5.18. The molecular weight excluding hydrogens is 501 g/mol. The summed E-state index contributed by atoms with van der Waals surface area (Å²) in [6.07, 6.45) is -1.87. The van der Waals surface area contributed by atoms with Crippen LogP contribution in [0, 0.1) is 17.0 Å². The summed E-state index contributed by atoms with van der Waals surface area (Å²) in [5, 5.41) is 20.0. The number of rotatable bonds is 4. The number of thiophene rings is 1. The highest BCUT2D eigenvalue weighted by Crippen LogP contribution is 2.42. The topological polar surface area (TPSA) is 130 Å². The Morgan fingerprint density at radius 2 is 2.03 bits per heavy atom. The van der Waals surface area contributed by atoms with E-state index in [0.29, 0.717) is 32.8 Å². The lowest BCUT2D eigenvalue weighted by Gasteiger charge is -2.08. The highest BCUT2D eigenvalue weighted by molar-refractivity contribution is 7.26. The van der Waals surface area contributed by atoms with Crippen molar-refractivity contribution >= 4 is 43.2 Å². The summed E-state index contributed by atoms with van der Waals surface area (Å²) < 4.78 is 49.6. The predicted octanol–water partition coefficient (Wildman–Crippen LogP) is 5.19. The highest BCUT2D eigenvalue weighted by Gasteiger charge is 2.35. The van der Waals surface area contributed by atoms with Crippen molar-refractivity contribution in [1.82, 2.24) is 34.3 Å². The molecule has 0 aliphatic rings. The van der Waals surface area contributed by atoms with E-state index in [1.807, 2.05) is 0 Å². The maximum Gasteiger partial charge on any atom is 0.433 e. The van der Waals surface area contributed by atoms with Gasteiger partial charge in [-0.2, -0.15) is 17.9 Å². The third-order valence-electron chi connectivity index (χ3n) is 5.70. The number of nitrogens with zero attached hydrogens (tertiary/aromatic N) is 8. The monoisotopic (exact) mass is 514 g/mol. The molecule has 0 saturated heterocycles. The molecule has 6 aromatic heterocycles. The zero-order valence-electron chi connectivity index (χ0n) is 18.4. The molecule has 0 unspecified atom stereocenters. The molecule has 0 saturated carbocycles. The van der Waals surface area contributed by atoms with Crippen LogP contribution >= 0.6 is 11.3 Å². The summed E-state index contributed by atoms with van der Waals surface area (Å²) in [7, 11) is 0. The van der Waals surface area contributed by atoms with Crippen molar-refractivity contribution in [2.24, 2.45) is 0 Å². The van der Waals surface area contributed by atoms with Gasteiger partial charge in [-0.1, -0.05) is 0 Å². The Hall–Kier alpha value is -4.40. The van der Waals surface area contributed by atoms with Crippen LogP contribution in [0.4, 0.5) is 19.0 Å². The van der Waals surface area contributed by atoms with Crippen LogP contribution in [0.15, 0.2) is 41.3 Å². The van der Waals surface area contributed by atoms with Gasteiger partial charge in [-0.3, -0.25) is 0 Å². The molecule has 1 atom stereocenters. The van der Waals surface area contributed by atoms with Gasteiger partial charge in [0.2, 0.25) is 0 Å². The largest absolute Gasteiger partial charge is 0.464 e. The van der Waals surface area contributed by atoms with Gasteiger partial charge >= 0.3 is 12.0 Å². The van der Waals surface area contributed by atoms with E-state index in [-0.39, 0.29) is 22.0 Å². The number of halogens is 3. The third kappa shape index (κ3) is 3.30. The number of aromatic nitrogens is 7. The number of nitro groups is 1. The van der Waals surface area contributed by atoms with Crippen LogP contribution in [0.3, 0.4) is 0 Å². The van der Waals surface area contributed by atoms with Gasteiger partial charge in [0.15, 0.2) is 11.5 Å². The average molecular weight is 514 g/mol. The Morgan fingerprint density at radius 1 is 1.22 bits per heavy atom. The van der Waals surface area contributed by atoms with Gasteiger partial charge in [-0.25, -0.2) is 19.5 Å². The van der Waals surface area contributed by atoms with E-state index < -0.39 is 22.8 Å². The molecule has 0 amide bonds. The molecule has 0 fully saturated rings. The molecule has 6 aromatic rings. The van der Waals surface area contributed by atoms with Crippen molar-refractivity contribution in [1.29, 1.82) is 0 Å². The minimum atomic E-state index is -4.66. The molecule has 0 aliphatic heterocycles. The van der Waals surface area contributed by atoms with Gasteiger partial charge in [0.05, 0.1) is 28.6 Å². The Bertz CT molecular complexity index is 1800. The molecule has 15 heteroatoms. The number of alkyl halides is 3. The second-order valence-corrected chi connectivity index (χ2v) is 8.99. The predicted molar refractivity (Wildman–Crippen MR) is 122 cm³/mol. The van der Waals surface area contributed by atoms with Gasteiger partial charge in [0, 0.05) is 10.9 Å². The van der Waals surface area contributed by atoms with Gasteiger partial charge in [-0.05, 0) is 37.0 Å². The quantitative estimate of drug-likeness (QED) is 0.232. The zero-order valence-corrected chi connectivity index (χ0v) is 19.2. The van der Waals surface area contributed by atoms with Crippen LogP contribution in [0.5, 0.6) is 0 Å². The Balaban J connectivity index is 1.57. The van der Waals surface area contributed by atoms with E-state index in [1.165, 1.54) is 27.9 Å². The first kappa shape index (κ1) is 22.1. The van der Waals surface area contributed by atoms with Crippen molar-refractivity contribution in [2.75, 3.05) is 0 Å². The second-order valence-electron chi connectivity index (χ2n) is 7.99. The van der Waals surface area contributed by atoms with Crippen molar-refractivity contribution in [3.05, 3.63) is 64.2 Å². The van der Waals surface area contributed by atoms with Gasteiger partial charge in [-0.15, -0.1) is 16.4 Å². The molecule has 11 nitrogen and oxygen atoms in total. The number of hydrogen-bond donors (Lipinski definition) is 0. The first-order chi connectivity index (χ1) is 17.1. The maximum absolute atomic E-state index is 13.6. The van der Waals surface area contributed by atoms with E-state index in [4.69, 9.17) is 4.42 Å². The molecule has 6 rings (SSSR count). The maximum atomic E-state index is 13.6. The van der Waals surface area contributed by atoms with Crippen molar-refractivity contribution in [2.45, 2.75) is 26.1 Å². The smallest absolute Gasteiger partial charge is 0.433 e. The van der Waals surface area contributed by atoms with Crippen LogP contribution in [-0.4, -0.2) is 39.3 Å². The number of pyridine rings is 1. The molecule has 0 aliphatic carbocycles. The molecule has 0 N–H and O–H groups in total. The SMILES string of the molecule is Cc1cc([N+](=O)[O-])nn1[C@H](C)c1nc2c3sc4nc(C(F)(F)F)cc(-c5ccco5)c4c3ncn2n1. The molecule has 0 aromatic carbocycles. The average Bonchev–Trinajstić information content (AvgIpc) is 3.61. The zero-order chi connectivity index (χ0) is 25.4. The van der Waals surface area contributed by atoms with E-state index >= 15 is 0 Å². The van der Waals surface area contributed by atoms with Gasteiger partial charge < -0.3 is 14.5 Å². The Labute approximate surface area is 202 Å². The first-order valence-corrected chi connectivity index (χ1v) is 11.2.